The van der Waals surface area contributed by atoms with Crippen molar-refractivity contribution in [1.29, 1.82) is 0 Å². The van der Waals surface area contributed by atoms with Crippen molar-refractivity contribution in [2.24, 2.45) is 5.92 Å². The van der Waals surface area contributed by atoms with E-state index < -0.39 is 0 Å². The van der Waals surface area contributed by atoms with Gasteiger partial charge in [-0.15, -0.1) is 11.6 Å². The Kier molecular flexibility index (Phi) is 3.71. The first-order chi connectivity index (χ1) is 5.33. The minimum absolute atomic E-state index is 0.340. The van der Waals surface area contributed by atoms with E-state index in [1.165, 1.54) is 0 Å². The molecule has 0 aromatic heterocycles. The summed E-state index contributed by atoms with van der Waals surface area (Å²) in [5.74, 6) is 0.589. The zero-order valence-electron chi connectivity index (χ0n) is 6.96. The molecular formula is C10H15Cl. The fourth-order valence-electron chi connectivity index (χ4n) is 1.27. The van der Waals surface area contributed by atoms with Crippen molar-refractivity contribution in [3.8, 4) is 0 Å². The quantitative estimate of drug-likeness (QED) is 0.449. The van der Waals surface area contributed by atoms with Gasteiger partial charge in [-0.05, 0) is 25.2 Å². The Hall–Kier alpha value is -0.230. The molecule has 1 aliphatic rings. The lowest BCUT2D eigenvalue weighted by Crippen LogP contribution is -2.04. The molecule has 0 amide bonds. The molecule has 0 bridgehead atoms. The van der Waals surface area contributed by atoms with Gasteiger partial charge in [-0.1, -0.05) is 31.2 Å². The summed E-state index contributed by atoms with van der Waals surface area (Å²) in [5.41, 5.74) is 0. The predicted octanol–water partition coefficient (Wildman–Crippen LogP) is 3.53. The molecule has 0 spiro atoms. The average Bonchev–Trinajstić information content (AvgIpc) is 2.06. The number of hydrogen-bond donors (Lipinski definition) is 0. The Morgan fingerprint density at radius 1 is 1.45 bits per heavy atom. The fraction of sp³-hybridized carbons (Fsp3) is 0.600. The van der Waals surface area contributed by atoms with E-state index in [-0.39, 0.29) is 0 Å². The van der Waals surface area contributed by atoms with Gasteiger partial charge in [0.2, 0.25) is 0 Å². The van der Waals surface area contributed by atoms with Crippen molar-refractivity contribution in [3.63, 3.8) is 0 Å². The Balaban J connectivity index is 2.30. The third-order valence-electron chi connectivity index (χ3n) is 2.01. The molecule has 0 aromatic carbocycles. The molecule has 0 nitrogen and oxygen atoms in total. The van der Waals surface area contributed by atoms with Gasteiger partial charge in [0, 0.05) is 5.38 Å². The number of rotatable bonds is 3. The third kappa shape index (κ3) is 3.11. The zero-order valence-corrected chi connectivity index (χ0v) is 7.72. The van der Waals surface area contributed by atoms with Crippen molar-refractivity contribution in [2.45, 2.75) is 31.6 Å². The van der Waals surface area contributed by atoms with Gasteiger partial charge in [-0.3, -0.25) is 0 Å². The molecule has 0 aliphatic heterocycles. The van der Waals surface area contributed by atoms with Crippen LogP contribution in [0.4, 0.5) is 0 Å². The topological polar surface area (TPSA) is 0 Å². The average molecular weight is 171 g/mol. The van der Waals surface area contributed by atoms with Gasteiger partial charge in [0.1, 0.15) is 0 Å². The maximum Gasteiger partial charge on any atom is 0.0342 e. The zero-order chi connectivity index (χ0) is 8.10. The summed E-state index contributed by atoms with van der Waals surface area (Å²) in [6, 6.07) is 0. The minimum atomic E-state index is 0.340. The van der Waals surface area contributed by atoms with Gasteiger partial charge < -0.3 is 0 Å². The molecule has 1 atom stereocenters. The molecule has 0 saturated carbocycles. The van der Waals surface area contributed by atoms with E-state index in [0.29, 0.717) is 11.3 Å². The maximum absolute atomic E-state index is 6.03. The van der Waals surface area contributed by atoms with Crippen LogP contribution in [0, 0.1) is 5.92 Å². The normalized spacial score (nSPS) is 20.5. The molecule has 1 aliphatic carbocycles. The Morgan fingerprint density at radius 2 is 2.09 bits per heavy atom. The van der Waals surface area contributed by atoms with Crippen molar-refractivity contribution in [3.05, 3.63) is 24.3 Å². The van der Waals surface area contributed by atoms with E-state index in [1.807, 2.05) is 0 Å². The monoisotopic (exact) mass is 170 g/mol. The molecular weight excluding hydrogens is 156 g/mol. The second-order valence-corrected chi connectivity index (χ2v) is 3.61. The first-order valence-corrected chi connectivity index (χ1v) is 4.74. The van der Waals surface area contributed by atoms with Gasteiger partial charge in [-0.25, -0.2) is 0 Å². The first kappa shape index (κ1) is 8.86. The lowest BCUT2D eigenvalue weighted by atomic mass is 9.97. The van der Waals surface area contributed by atoms with Gasteiger partial charge in [0.15, 0.2) is 0 Å². The standard InChI is InChI=1S/C10H15Cl/c1-2-10(11)8-9-6-4-3-5-7-9/h4-7,9-10H,2-3,8H2,1H3. The van der Waals surface area contributed by atoms with Crippen LogP contribution in [-0.2, 0) is 0 Å². The van der Waals surface area contributed by atoms with Crippen molar-refractivity contribution < 1.29 is 0 Å². The summed E-state index contributed by atoms with van der Waals surface area (Å²) in [4.78, 5) is 0. The molecule has 1 heteroatoms. The number of hydrogen-bond acceptors (Lipinski definition) is 0. The predicted molar refractivity (Wildman–Crippen MR) is 50.9 cm³/mol. The van der Waals surface area contributed by atoms with Gasteiger partial charge in [0.25, 0.3) is 0 Å². The molecule has 0 heterocycles. The molecule has 11 heavy (non-hydrogen) atoms. The van der Waals surface area contributed by atoms with Crippen molar-refractivity contribution in [2.75, 3.05) is 0 Å². The Bertz CT molecular complexity index is 146. The number of allylic oxidation sites excluding steroid dienone is 4. The van der Waals surface area contributed by atoms with E-state index in [1.54, 1.807) is 0 Å². The second kappa shape index (κ2) is 4.61. The number of halogens is 1. The first-order valence-electron chi connectivity index (χ1n) is 4.30. The van der Waals surface area contributed by atoms with Crippen LogP contribution in [0.3, 0.4) is 0 Å². The van der Waals surface area contributed by atoms with Gasteiger partial charge >= 0.3 is 0 Å². The Morgan fingerprint density at radius 3 is 2.64 bits per heavy atom. The Labute approximate surface area is 73.9 Å². The summed E-state index contributed by atoms with van der Waals surface area (Å²) in [5, 5.41) is 0.340. The summed E-state index contributed by atoms with van der Waals surface area (Å²) in [7, 11) is 0. The van der Waals surface area contributed by atoms with E-state index in [0.717, 1.165) is 19.3 Å². The molecule has 1 rings (SSSR count). The molecule has 0 saturated heterocycles. The summed E-state index contributed by atoms with van der Waals surface area (Å²) < 4.78 is 0. The van der Waals surface area contributed by atoms with Crippen LogP contribution < -0.4 is 0 Å². The number of alkyl halides is 1. The van der Waals surface area contributed by atoms with Crippen LogP contribution in [-0.4, -0.2) is 5.38 Å². The van der Waals surface area contributed by atoms with Crippen LogP contribution >= 0.6 is 11.6 Å². The van der Waals surface area contributed by atoms with Crippen molar-refractivity contribution >= 4 is 11.6 Å². The van der Waals surface area contributed by atoms with Crippen LogP contribution in [0.1, 0.15) is 26.2 Å². The molecule has 62 valence electrons. The summed E-state index contributed by atoms with van der Waals surface area (Å²) >= 11 is 6.03. The third-order valence-corrected chi connectivity index (χ3v) is 2.50. The van der Waals surface area contributed by atoms with Crippen LogP contribution in [0.15, 0.2) is 24.3 Å². The fourth-order valence-corrected chi connectivity index (χ4v) is 1.47. The van der Waals surface area contributed by atoms with Crippen molar-refractivity contribution in [1.82, 2.24) is 0 Å². The van der Waals surface area contributed by atoms with Gasteiger partial charge in [-0.2, -0.15) is 0 Å². The maximum atomic E-state index is 6.03. The highest BCUT2D eigenvalue weighted by Crippen LogP contribution is 2.19. The van der Waals surface area contributed by atoms with Crippen LogP contribution in [0.2, 0.25) is 0 Å². The lowest BCUT2D eigenvalue weighted by molar-refractivity contribution is 0.644. The molecule has 0 fully saturated rings. The highest BCUT2D eigenvalue weighted by molar-refractivity contribution is 6.20. The van der Waals surface area contributed by atoms with Crippen LogP contribution in [0.25, 0.3) is 0 Å². The summed E-state index contributed by atoms with van der Waals surface area (Å²) in [6.45, 7) is 2.13. The van der Waals surface area contributed by atoms with E-state index in [9.17, 15) is 0 Å². The van der Waals surface area contributed by atoms with Crippen LogP contribution in [0.5, 0.6) is 0 Å². The summed E-state index contributed by atoms with van der Waals surface area (Å²) in [6.07, 6.45) is 12.2. The van der Waals surface area contributed by atoms with E-state index >= 15 is 0 Å². The van der Waals surface area contributed by atoms with E-state index in [2.05, 4.69) is 31.2 Å². The smallest absolute Gasteiger partial charge is 0.0342 e. The second-order valence-electron chi connectivity index (χ2n) is 3.00. The molecule has 1 unspecified atom stereocenters. The molecule has 0 aromatic rings. The minimum Gasteiger partial charge on any atom is -0.123 e. The SMILES string of the molecule is CCC(Cl)CC1C=CCC=C1. The lowest BCUT2D eigenvalue weighted by Gasteiger charge is -2.13. The highest BCUT2D eigenvalue weighted by atomic mass is 35.5. The van der Waals surface area contributed by atoms with Gasteiger partial charge in [0.05, 0.1) is 0 Å². The molecule has 0 radical (unpaired) electrons. The molecule has 0 N–H and O–H groups in total. The largest absolute Gasteiger partial charge is 0.123 e. The highest BCUT2D eigenvalue weighted by Gasteiger charge is 2.08. The van der Waals surface area contributed by atoms with E-state index in [4.69, 9.17) is 11.6 Å².